The van der Waals surface area contributed by atoms with Crippen molar-refractivity contribution in [2.24, 2.45) is 0 Å². The van der Waals surface area contributed by atoms with Crippen molar-refractivity contribution in [1.82, 2.24) is 4.98 Å². The van der Waals surface area contributed by atoms with Crippen molar-refractivity contribution in [3.05, 3.63) is 28.3 Å². The van der Waals surface area contributed by atoms with Crippen molar-refractivity contribution >= 4 is 21.6 Å². The zero-order chi connectivity index (χ0) is 6.97. The normalized spacial score (nSPS) is 10.4. The average Bonchev–Trinajstić information content (AvgIpc) is 2.36. The maximum Gasteiger partial charge on any atom is 0.356 e. The summed E-state index contributed by atoms with van der Waals surface area (Å²) in [6.45, 7) is 0. The van der Waals surface area contributed by atoms with E-state index in [9.17, 15) is 4.79 Å². The average molecular weight is 153 g/mol. The molecule has 2 rings (SSSR count). The molecule has 0 spiro atoms. The second kappa shape index (κ2) is 1.91. The second-order valence-corrected chi connectivity index (χ2v) is 2.69. The van der Waals surface area contributed by atoms with Crippen LogP contribution in [-0.2, 0) is 0 Å². The van der Waals surface area contributed by atoms with Crippen molar-refractivity contribution < 1.29 is 4.42 Å². The van der Waals surface area contributed by atoms with Crippen LogP contribution in [0.3, 0.4) is 0 Å². The number of nitrogens with zero attached hydrogens (tertiary/aromatic N) is 1. The highest BCUT2D eigenvalue weighted by Gasteiger charge is 1.99. The monoisotopic (exact) mass is 153 g/mol. The van der Waals surface area contributed by atoms with Gasteiger partial charge in [-0.3, -0.25) is 0 Å². The topological polar surface area (TPSA) is 43.1 Å². The minimum atomic E-state index is -0.306. The molecule has 0 unspecified atom stereocenters. The Morgan fingerprint density at radius 3 is 3.30 bits per heavy atom. The van der Waals surface area contributed by atoms with Gasteiger partial charge in [-0.1, -0.05) is 0 Å². The van der Waals surface area contributed by atoms with Crippen molar-refractivity contribution in [3.63, 3.8) is 0 Å². The molecule has 2 aromatic rings. The number of hydrogen-bond donors (Lipinski definition) is 0. The zero-order valence-corrected chi connectivity index (χ0v) is 5.72. The van der Waals surface area contributed by atoms with Crippen molar-refractivity contribution in [1.29, 1.82) is 0 Å². The molecule has 0 bridgehead atoms. The molecule has 2 heterocycles. The standard InChI is InChI=1S/C6H3NO2S/c8-6-5-4(1-2-10-5)7-3-9-6/h1-3H. The van der Waals surface area contributed by atoms with Crippen LogP contribution in [-0.4, -0.2) is 4.98 Å². The van der Waals surface area contributed by atoms with Gasteiger partial charge in [0.15, 0.2) is 6.39 Å². The van der Waals surface area contributed by atoms with E-state index in [1.165, 1.54) is 11.3 Å². The lowest BCUT2D eigenvalue weighted by atomic mass is 10.5. The van der Waals surface area contributed by atoms with E-state index in [2.05, 4.69) is 9.40 Å². The highest BCUT2D eigenvalue weighted by molar-refractivity contribution is 7.17. The first kappa shape index (κ1) is 5.61. The summed E-state index contributed by atoms with van der Waals surface area (Å²) in [6.07, 6.45) is 1.16. The van der Waals surface area contributed by atoms with E-state index in [1.54, 1.807) is 6.07 Å². The molecule has 0 atom stereocenters. The van der Waals surface area contributed by atoms with Gasteiger partial charge < -0.3 is 4.42 Å². The van der Waals surface area contributed by atoms with Gasteiger partial charge in [-0.2, -0.15) is 0 Å². The molecule has 0 N–H and O–H groups in total. The van der Waals surface area contributed by atoms with Crippen LogP contribution in [0.15, 0.2) is 27.1 Å². The van der Waals surface area contributed by atoms with Crippen molar-refractivity contribution in [3.8, 4) is 0 Å². The van der Waals surface area contributed by atoms with Crippen LogP contribution in [0.1, 0.15) is 0 Å². The Bertz CT molecular complexity index is 403. The molecule has 4 heteroatoms. The lowest BCUT2D eigenvalue weighted by Gasteiger charge is -1.81. The molecule has 0 aromatic carbocycles. The summed E-state index contributed by atoms with van der Waals surface area (Å²) in [4.78, 5) is 14.7. The Balaban J connectivity index is 3.09. The Morgan fingerprint density at radius 2 is 2.50 bits per heavy atom. The van der Waals surface area contributed by atoms with Gasteiger partial charge in [0, 0.05) is 0 Å². The minimum Gasteiger partial charge on any atom is -0.410 e. The minimum absolute atomic E-state index is 0.306. The number of thiophene rings is 1. The summed E-state index contributed by atoms with van der Waals surface area (Å²) in [6, 6.07) is 1.79. The molecule has 0 aliphatic heterocycles. The number of rotatable bonds is 0. The van der Waals surface area contributed by atoms with Gasteiger partial charge in [-0.25, -0.2) is 9.78 Å². The van der Waals surface area contributed by atoms with Crippen LogP contribution in [0.25, 0.3) is 10.2 Å². The molecule has 0 fully saturated rings. The van der Waals surface area contributed by atoms with E-state index in [0.29, 0.717) is 10.2 Å². The molecule has 0 saturated heterocycles. The van der Waals surface area contributed by atoms with Gasteiger partial charge in [0.2, 0.25) is 0 Å². The lowest BCUT2D eigenvalue weighted by molar-refractivity contribution is 0.502. The van der Waals surface area contributed by atoms with Crippen LogP contribution in [0, 0.1) is 0 Å². The molecular formula is C6H3NO2S. The molecule has 0 aliphatic rings. The van der Waals surface area contributed by atoms with Crippen LogP contribution in [0.2, 0.25) is 0 Å². The van der Waals surface area contributed by atoms with Crippen LogP contribution in [0.5, 0.6) is 0 Å². The first-order chi connectivity index (χ1) is 4.88. The third-order valence-corrected chi connectivity index (χ3v) is 2.07. The fourth-order valence-electron chi connectivity index (χ4n) is 0.741. The Kier molecular flexibility index (Phi) is 1.07. The molecule has 50 valence electrons. The summed E-state index contributed by atoms with van der Waals surface area (Å²) in [5.41, 5.74) is 0.404. The molecule has 10 heavy (non-hydrogen) atoms. The number of hydrogen-bond acceptors (Lipinski definition) is 4. The third-order valence-electron chi connectivity index (χ3n) is 1.18. The molecule has 0 aliphatic carbocycles. The largest absolute Gasteiger partial charge is 0.410 e. The first-order valence-electron chi connectivity index (χ1n) is 2.69. The highest BCUT2D eigenvalue weighted by atomic mass is 32.1. The summed E-state index contributed by atoms with van der Waals surface area (Å²) in [5.74, 6) is 0. The van der Waals surface area contributed by atoms with Gasteiger partial charge in [0.25, 0.3) is 0 Å². The van der Waals surface area contributed by atoms with Gasteiger partial charge >= 0.3 is 5.63 Å². The fraction of sp³-hybridized carbons (Fsp3) is 0. The van der Waals surface area contributed by atoms with Gasteiger partial charge in [0.1, 0.15) is 4.70 Å². The van der Waals surface area contributed by atoms with Crippen LogP contribution in [0.4, 0.5) is 0 Å². The predicted octanol–water partition coefficient (Wildman–Crippen LogP) is 1.25. The second-order valence-electron chi connectivity index (χ2n) is 1.77. The molecular weight excluding hydrogens is 150 g/mol. The quantitative estimate of drug-likeness (QED) is 0.572. The Hall–Kier alpha value is -1.16. The Morgan fingerprint density at radius 1 is 1.60 bits per heavy atom. The van der Waals surface area contributed by atoms with E-state index < -0.39 is 0 Å². The van der Waals surface area contributed by atoms with E-state index in [4.69, 9.17) is 0 Å². The van der Waals surface area contributed by atoms with E-state index in [-0.39, 0.29) is 5.63 Å². The maximum atomic E-state index is 10.8. The first-order valence-corrected chi connectivity index (χ1v) is 3.57. The summed E-state index contributed by atoms with van der Waals surface area (Å²) in [7, 11) is 0. The van der Waals surface area contributed by atoms with Crippen LogP contribution >= 0.6 is 11.3 Å². The lowest BCUT2D eigenvalue weighted by Crippen LogP contribution is -1.95. The zero-order valence-electron chi connectivity index (χ0n) is 4.90. The fourth-order valence-corrected chi connectivity index (χ4v) is 1.46. The van der Waals surface area contributed by atoms with Crippen molar-refractivity contribution in [2.45, 2.75) is 0 Å². The third kappa shape index (κ3) is 0.657. The van der Waals surface area contributed by atoms with Gasteiger partial charge in [-0.15, -0.1) is 11.3 Å². The Labute approximate surface area is 59.9 Å². The van der Waals surface area contributed by atoms with E-state index in [1.807, 2.05) is 5.38 Å². The van der Waals surface area contributed by atoms with Crippen LogP contribution < -0.4 is 5.63 Å². The SMILES string of the molecule is O=c1ocnc2ccsc12. The highest BCUT2D eigenvalue weighted by Crippen LogP contribution is 2.12. The van der Waals surface area contributed by atoms with E-state index in [0.717, 1.165) is 6.39 Å². The summed E-state index contributed by atoms with van der Waals surface area (Å²) < 4.78 is 5.13. The molecule has 0 amide bonds. The van der Waals surface area contributed by atoms with E-state index >= 15 is 0 Å². The summed E-state index contributed by atoms with van der Waals surface area (Å²) in [5, 5.41) is 1.81. The van der Waals surface area contributed by atoms with Gasteiger partial charge in [-0.05, 0) is 11.4 Å². The number of aromatic nitrogens is 1. The molecule has 2 aromatic heterocycles. The molecule has 0 radical (unpaired) electrons. The molecule has 0 saturated carbocycles. The number of fused-ring (bicyclic) bond motifs is 1. The molecule has 3 nitrogen and oxygen atoms in total. The maximum absolute atomic E-state index is 10.8. The van der Waals surface area contributed by atoms with Gasteiger partial charge in [0.05, 0.1) is 5.52 Å². The summed E-state index contributed by atoms with van der Waals surface area (Å²) >= 11 is 1.35. The van der Waals surface area contributed by atoms with Crippen molar-refractivity contribution in [2.75, 3.05) is 0 Å². The predicted molar refractivity (Wildman–Crippen MR) is 38.2 cm³/mol. The smallest absolute Gasteiger partial charge is 0.356 e.